The number of carbonyl (C=O) groups excluding carboxylic acids is 1. The van der Waals surface area contributed by atoms with Crippen LogP contribution < -0.4 is 10.1 Å². The summed E-state index contributed by atoms with van der Waals surface area (Å²) in [6.45, 7) is -0.463. The molecule has 22 heavy (non-hydrogen) atoms. The molecule has 2 aromatic carbocycles. The van der Waals surface area contributed by atoms with Gasteiger partial charge in [-0.3, -0.25) is 4.79 Å². The molecule has 0 amide bonds. The number of ether oxygens (including phenoxy) is 1. The Morgan fingerprint density at radius 2 is 1.82 bits per heavy atom. The van der Waals surface area contributed by atoms with Crippen LogP contribution in [0.25, 0.3) is 0 Å². The maximum Gasteiger partial charge on any atom is 0.187 e. The molecule has 0 aliphatic carbocycles. The summed E-state index contributed by atoms with van der Waals surface area (Å²) < 4.78 is 18.1. The van der Waals surface area contributed by atoms with E-state index in [0.29, 0.717) is 11.3 Å². The number of benzene rings is 2. The maximum atomic E-state index is 12.0. The molecule has 0 saturated carbocycles. The smallest absolute Gasteiger partial charge is 0.187 e. The van der Waals surface area contributed by atoms with Crippen LogP contribution >= 0.6 is 15.9 Å². The van der Waals surface area contributed by atoms with Gasteiger partial charge in [0.25, 0.3) is 0 Å². The van der Waals surface area contributed by atoms with Crippen molar-refractivity contribution in [2.45, 2.75) is 0 Å². The standard InChI is InChI=1S/C17H15BrFNO2/c18-14-3-1-13(2-4-14)17(21)9-11-20-15-5-7-16(8-6-15)22-12-10-19/h1-9,11,20H,10,12H2. The molecule has 2 rings (SSSR count). The number of alkyl halides is 1. The number of hydrogen-bond donors (Lipinski definition) is 1. The van der Waals surface area contributed by atoms with Crippen molar-refractivity contribution in [3.63, 3.8) is 0 Å². The van der Waals surface area contributed by atoms with Crippen LogP contribution in [0.4, 0.5) is 10.1 Å². The molecule has 0 aliphatic heterocycles. The normalized spacial score (nSPS) is 10.6. The van der Waals surface area contributed by atoms with Crippen LogP contribution in [0.15, 0.2) is 65.3 Å². The molecule has 0 atom stereocenters. The third-order valence-electron chi connectivity index (χ3n) is 2.81. The molecule has 0 heterocycles. The minimum atomic E-state index is -0.513. The van der Waals surface area contributed by atoms with E-state index >= 15 is 0 Å². The van der Waals surface area contributed by atoms with E-state index in [0.717, 1.165) is 10.2 Å². The van der Waals surface area contributed by atoms with Gasteiger partial charge in [-0.1, -0.05) is 15.9 Å². The number of carbonyl (C=O) groups is 1. The minimum Gasteiger partial charge on any atom is -0.491 e. The van der Waals surface area contributed by atoms with Gasteiger partial charge in [-0.05, 0) is 48.5 Å². The summed E-state index contributed by atoms with van der Waals surface area (Å²) in [6, 6.07) is 14.2. The van der Waals surface area contributed by atoms with Crippen LogP contribution in [0.3, 0.4) is 0 Å². The largest absolute Gasteiger partial charge is 0.491 e. The summed E-state index contributed by atoms with van der Waals surface area (Å²) in [5.74, 6) is 0.529. The van der Waals surface area contributed by atoms with Crippen molar-refractivity contribution in [3.05, 3.63) is 70.8 Å². The molecule has 2 aromatic rings. The summed E-state index contributed by atoms with van der Waals surface area (Å²) in [6.07, 6.45) is 3.05. The Hall–Kier alpha value is -2.14. The van der Waals surface area contributed by atoms with E-state index in [1.54, 1.807) is 42.6 Å². The van der Waals surface area contributed by atoms with Gasteiger partial charge in [0, 0.05) is 28.0 Å². The van der Waals surface area contributed by atoms with E-state index < -0.39 is 6.67 Å². The van der Waals surface area contributed by atoms with Gasteiger partial charge in [0.1, 0.15) is 19.0 Å². The first-order valence-electron chi connectivity index (χ1n) is 6.71. The first-order chi connectivity index (χ1) is 10.7. The summed E-state index contributed by atoms with van der Waals surface area (Å²) in [5, 5.41) is 3.00. The summed E-state index contributed by atoms with van der Waals surface area (Å²) in [5.41, 5.74) is 1.43. The fraction of sp³-hybridized carbons (Fsp3) is 0.118. The van der Waals surface area contributed by atoms with Gasteiger partial charge in [-0.25, -0.2) is 4.39 Å². The zero-order valence-corrected chi connectivity index (χ0v) is 13.3. The third kappa shape index (κ3) is 5.00. The highest BCUT2D eigenvalue weighted by molar-refractivity contribution is 9.10. The minimum absolute atomic E-state index is 0.0500. The number of allylic oxidation sites excluding steroid dienone is 1. The topological polar surface area (TPSA) is 38.3 Å². The Morgan fingerprint density at radius 3 is 2.45 bits per heavy atom. The summed E-state index contributed by atoms with van der Waals surface area (Å²) >= 11 is 3.33. The van der Waals surface area contributed by atoms with Crippen molar-refractivity contribution in [3.8, 4) is 5.75 Å². The van der Waals surface area contributed by atoms with Crippen molar-refractivity contribution >= 4 is 27.4 Å². The van der Waals surface area contributed by atoms with Crippen molar-refractivity contribution < 1.29 is 13.9 Å². The van der Waals surface area contributed by atoms with E-state index in [2.05, 4.69) is 21.2 Å². The van der Waals surface area contributed by atoms with Gasteiger partial charge in [0.05, 0.1) is 0 Å². The molecule has 0 unspecified atom stereocenters. The Bertz CT molecular complexity index is 639. The van der Waals surface area contributed by atoms with Gasteiger partial charge >= 0.3 is 0 Å². The Labute approximate surface area is 136 Å². The number of anilines is 1. The molecular formula is C17H15BrFNO2. The highest BCUT2D eigenvalue weighted by Gasteiger charge is 2.00. The molecule has 1 N–H and O–H groups in total. The number of rotatable bonds is 7. The van der Waals surface area contributed by atoms with E-state index in [-0.39, 0.29) is 12.4 Å². The zero-order chi connectivity index (χ0) is 15.8. The van der Waals surface area contributed by atoms with Gasteiger partial charge in [0.2, 0.25) is 0 Å². The predicted molar refractivity (Wildman–Crippen MR) is 89.1 cm³/mol. The van der Waals surface area contributed by atoms with E-state index in [1.165, 1.54) is 6.08 Å². The monoisotopic (exact) mass is 363 g/mol. The first-order valence-corrected chi connectivity index (χ1v) is 7.50. The number of hydrogen-bond acceptors (Lipinski definition) is 3. The molecular weight excluding hydrogens is 349 g/mol. The lowest BCUT2D eigenvalue weighted by molar-refractivity contribution is 0.104. The molecule has 114 valence electrons. The van der Waals surface area contributed by atoms with Crippen molar-refractivity contribution in [2.75, 3.05) is 18.6 Å². The Morgan fingerprint density at radius 1 is 1.14 bits per heavy atom. The molecule has 0 spiro atoms. The van der Waals surface area contributed by atoms with Crippen LogP contribution in [0.2, 0.25) is 0 Å². The van der Waals surface area contributed by atoms with Gasteiger partial charge in [-0.15, -0.1) is 0 Å². The van der Waals surface area contributed by atoms with Crippen molar-refractivity contribution in [1.29, 1.82) is 0 Å². The van der Waals surface area contributed by atoms with E-state index in [9.17, 15) is 9.18 Å². The first kappa shape index (κ1) is 16.2. The molecule has 0 fully saturated rings. The molecule has 0 radical (unpaired) electrons. The van der Waals surface area contributed by atoms with E-state index in [4.69, 9.17) is 4.74 Å². The van der Waals surface area contributed by atoms with E-state index in [1.807, 2.05) is 12.1 Å². The van der Waals surface area contributed by atoms with Crippen molar-refractivity contribution in [1.82, 2.24) is 0 Å². The lowest BCUT2D eigenvalue weighted by atomic mass is 10.1. The van der Waals surface area contributed by atoms with Gasteiger partial charge in [-0.2, -0.15) is 0 Å². The molecule has 5 heteroatoms. The third-order valence-corrected chi connectivity index (χ3v) is 3.34. The summed E-state index contributed by atoms with van der Waals surface area (Å²) in [4.78, 5) is 11.9. The maximum absolute atomic E-state index is 12.0. The average Bonchev–Trinajstić information content (AvgIpc) is 2.54. The van der Waals surface area contributed by atoms with Crippen LogP contribution in [0.1, 0.15) is 10.4 Å². The molecule has 0 bridgehead atoms. The lowest BCUT2D eigenvalue weighted by Gasteiger charge is -2.05. The average molecular weight is 364 g/mol. The number of nitrogens with one attached hydrogen (secondary N) is 1. The second kappa shape index (κ2) is 8.34. The number of ketones is 1. The Kier molecular flexibility index (Phi) is 6.15. The van der Waals surface area contributed by atoms with Gasteiger partial charge < -0.3 is 10.1 Å². The second-order valence-corrected chi connectivity index (χ2v) is 5.33. The van der Waals surface area contributed by atoms with Crippen LogP contribution in [-0.4, -0.2) is 19.1 Å². The second-order valence-electron chi connectivity index (χ2n) is 4.41. The molecule has 0 aromatic heterocycles. The predicted octanol–water partition coefficient (Wildman–Crippen LogP) is 4.61. The van der Waals surface area contributed by atoms with Gasteiger partial charge in [0.15, 0.2) is 5.78 Å². The fourth-order valence-electron chi connectivity index (χ4n) is 1.73. The highest BCUT2D eigenvalue weighted by Crippen LogP contribution is 2.16. The van der Waals surface area contributed by atoms with Crippen LogP contribution in [0.5, 0.6) is 5.75 Å². The SMILES string of the molecule is O=C(C=CNc1ccc(OCCF)cc1)c1ccc(Br)cc1. The summed E-state index contributed by atoms with van der Waals surface area (Å²) in [7, 11) is 0. The fourth-order valence-corrected chi connectivity index (χ4v) is 1.99. The Balaban J connectivity index is 1.88. The lowest BCUT2D eigenvalue weighted by Crippen LogP contribution is -1.98. The highest BCUT2D eigenvalue weighted by atomic mass is 79.9. The number of halogens is 2. The molecule has 0 aliphatic rings. The van der Waals surface area contributed by atoms with Crippen molar-refractivity contribution in [2.24, 2.45) is 0 Å². The van der Waals surface area contributed by atoms with Crippen LogP contribution in [0, 0.1) is 0 Å². The molecule has 0 saturated heterocycles. The molecule has 3 nitrogen and oxygen atoms in total. The quantitative estimate of drug-likeness (QED) is 0.576. The zero-order valence-electron chi connectivity index (χ0n) is 11.8. The van der Waals surface area contributed by atoms with Crippen LogP contribution in [-0.2, 0) is 0 Å².